The van der Waals surface area contributed by atoms with Crippen LogP contribution >= 0.6 is 12.6 Å². The lowest BCUT2D eigenvalue weighted by Crippen LogP contribution is -1.88. The molecule has 2 nitrogen and oxygen atoms in total. The lowest BCUT2D eigenvalue weighted by molar-refractivity contribution is 1.11. The van der Waals surface area contributed by atoms with Crippen molar-refractivity contribution in [3.8, 4) is 11.3 Å². The Kier molecular flexibility index (Phi) is 3.30. The fraction of sp³-hybridized carbons (Fsp3) is 0.188. The highest BCUT2D eigenvalue weighted by Crippen LogP contribution is 2.24. The standard InChI is InChI=1S/C16H16N2S/c1-12-16(17-15-4-2-3-10-18(12)15)14-7-5-13(6-8-14)9-11-19/h2-8,10,19H,9,11H2,1H3. The molecule has 0 saturated heterocycles. The second kappa shape index (κ2) is 5.10. The van der Waals surface area contributed by atoms with E-state index in [4.69, 9.17) is 4.98 Å². The summed E-state index contributed by atoms with van der Waals surface area (Å²) < 4.78 is 2.12. The molecule has 0 bridgehead atoms. The summed E-state index contributed by atoms with van der Waals surface area (Å²) in [6, 6.07) is 14.7. The Labute approximate surface area is 118 Å². The van der Waals surface area contributed by atoms with Crippen molar-refractivity contribution in [3.05, 3.63) is 59.9 Å². The van der Waals surface area contributed by atoms with Gasteiger partial charge in [-0.15, -0.1) is 0 Å². The molecule has 0 saturated carbocycles. The van der Waals surface area contributed by atoms with E-state index < -0.39 is 0 Å². The largest absolute Gasteiger partial charge is 0.304 e. The minimum Gasteiger partial charge on any atom is -0.304 e. The number of rotatable bonds is 3. The van der Waals surface area contributed by atoms with Crippen molar-refractivity contribution in [1.82, 2.24) is 9.38 Å². The molecule has 0 aliphatic heterocycles. The van der Waals surface area contributed by atoms with Crippen molar-refractivity contribution in [2.75, 3.05) is 5.75 Å². The molecule has 0 aliphatic carbocycles. The number of nitrogens with zero attached hydrogens (tertiary/aromatic N) is 2. The van der Waals surface area contributed by atoms with E-state index in [1.54, 1.807) is 0 Å². The summed E-state index contributed by atoms with van der Waals surface area (Å²) in [6.45, 7) is 2.11. The van der Waals surface area contributed by atoms with Gasteiger partial charge in [0.15, 0.2) is 0 Å². The Morgan fingerprint density at radius 1 is 1.11 bits per heavy atom. The quantitative estimate of drug-likeness (QED) is 0.715. The zero-order valence-electron chi connectivity index (χ0n) is 10.9. The van der Waals surface area contributed by atoms with Gasteiger partial charge in [0.1, 0.15) is 5.65 Å². The van der Waals surface area contributed by atoms with Gasteiger partial charge in [0.25, 0.3) is 0 Å². The van der Waals surface area contributed by atoms with E-state index in [9.17, 15) is 0 Å². The minimum absolute atomic E-state index is 0.882. The highest BCUT2D eigenvalue weighted by atomic mass is 32.1. The number of benzene rings is 1. The van der Waals surface area contributed by atoms with Gasteiger partial charge < -0.3 is 4.40 Å². The van der Waals surface area contributed by atoms with Crippen LogP contribution in [-0.4, -0.2) is 15.1 Å². The topological polar surface area (TPSA) is 17.3 Å². The Balaban J connectivity index is 2.06. The second-order valence-electron chi connectivity index (χ2n) is 4.65. The van der Waals surface area contributed by atoms with E-state index in [1.165, 1.54) is 16.8 Å². The van der Waals surface area contributed by atoms with Crippen LogP contribution in [-0.2, 0) is 6.42 Å². The van der Waals surface area contributed by atoms with Crippen LogP contribution in [0.25, 0.3) is 16.9 Å². The first-order chi connectivity index (χ1) is 9.29. The van der Waals surface area contributed by atoms with Crippen molar-refractivity contribution in [2.24, 2.45) is 0 Å². The average molecular weight is 268 g/mol. The molecule has 0 radical (unpaired) electrons. The molecule has 0 unspecified atom stereocenters. The molecule has 0 atom stereocenters. The summed E-state index contributed by atoms with van der Waals surface area (Å²) in [5.41, 5.74) is 5.72. The highest BCUT2D eigenvalue weighted by Gasteiger charge is 2.09. The van der Waals surface area contributed by atoms with Gasteiger partial charge in [0.2, 0.25) is 0 Å². The molecule has 0 N–H and O–H groups in total. The van der Waals surface area contributed by atoms with Crippen LogP contribution in [0.15, 0.2) is 48.7 Å². The average Bonchev–Trinajstić information content (AvgIpc) is 2.78. The number of fused-ring (bicyclic) bond motifs is 1. The van der Waals surface area contributed by atoms with Crippen LogP contribution in [0.2, 0.25) is 0 Å². The molecule has 0 aliphatic rings. The number of pyridine rings is 1. The van der Waals surface area contributed by atoms with Crippen LogP contribution in [0.1, 0.15) is 11.3 Å². The molecule has 96 valence electrons. The molecule has 3 aromatic rings. The van der Waals surface area contributed by atoms with Crippen molar-refractivity contribution in [2.45, 2.75) is 13.3 Å². The van der Waals surface area contributed by atoms with Crippen LogP contribution in [0.3, 0.4) is 0 Å². The lowest BCUT2D eigenvalue weighted by atomic mass is 10.1. The SMILES string of the molecule is Cc1c(-c2ccc(CCS)cc2)nc2ccccn12. The predicted octanol–water partition coefficient (Wildman–Crippen LogP) is 3.78. The number of aryl methyl sites for hydroxylation is 2. The van der Waals surface area contributed by atoms with Crippen molar-refractivity contribution in [3.63, 3.8) is 0 Å². The summed E-state index contributed by atoms with van der Waals surface area (Å²) >= 11 is 4.26. The molecule has 1 aromatic carbocycles. The van der Waals surface area contributed by atoms with Crippen molar-refractivity contribution in [1.29, 1.82) is 0 Å². The normalized spacial score (nSPS) is 11.1. The Morgan fingerprint density at radius 3 is 2.58 bits per heavy atom. The van der Waals surface area contributed by atoms with Gasteiger partial charge in [-0.25, -0.2) is 4.98 Å². The highest BCUT2D eigenvalue weighted by molar-refractivity contribution is 7.80. The summed E-state index contributed by atoms with van der Waals surface area (Å²) in [5.74, 6) is 0.882. The number of imidazole rings is 1. The number of aromatic nitrogens is 2. The molecule has 2 aromatic heterocycles. The van der Waals surface area contributed by atoms with Gasteiger partial charge in [-0.3, -0.25) is 0 Å². The van der Waals surface area contributed by atoms with Gasteiger partial charge >= 0.3 is 0 Å². The number of thiol groups is 1. The smallest absolute Gasteiger partial charge is 0.137 e. The second-order valence-corrected chi connectivity index (χ2v) is 5.09. The molecule has 0 fully saturated rings. The molecule has 0 spiro atoms. The number of hydrogen-bond acceptors (Lipinski definition) is 2. The summed E-state index contributed by atoms with van der Waals surface area (Å²) in [5, 5.41) is 0. The number of hydrogen-bond donors (Lipinski definition) is 1. The lowest BCUT2D eigenvalue weighted by Gasteiger charge is -2.02. The van der Waals surface area contributed by atoms with Crippen LogP contribution < -0.4 is 0 Å². The summed E-state index contributed by atoms with van der Waals surface area (Å²) in [7, 11) is 0. The Morgan fingerprint density at radius 2 is 1.89 bits per heavy atom. The zero-order chi connectivity index (χ0) is 13.2. The Bertz CT molecular complexity index is 698. The van der Waals surface area contributed by atoms with Crippen molar-refractivity contribution >= 4 is 18.3 Å². The van der Waals surface area contributed by atoms with E-state index in [1.807, 2.05) is 18.2 Å². The third-order valence-electron chi connectivity index (χ3n) is 3.40. The zero-order valence-corrected chi connectivity index (χ0v) is 11.8. The minimum atomic E-state index is 0.882. The third-order valence-corrected chi connectivity index (χ3v) is 3.62. The monoisotopic (exact) mass is 268 g/mol. The first kappa shape index (κ1) is 12.3. The van der Waals surface area contributed by atoms with Crippen LogP contribution in [0, 0.1) is 6.92 Å². The third kappa shape index (κ3) is 2.26. The summed E-state index contributed by atoms with van der Waals surface area (Å²) in [6.07, 6.45) is 3.06. The molecule has 3 rings (SSSR count). The van der Waals surface area contributed by atoms with E-state index in [0.717, 1.165) is 23.5 Å². The van der Waals surface area contributed by atoms with Crippen LogP contribution in [0.5, 0.6) is 0 Å². The molecular weight excluding hydrogens is 252 g/mol. The van der Waals surface area contributed by atoms with Gasteiger partial charge in [-0.2, -0.15) is 12.6 Å². The maximum absolute atomic E-state index is 4.71. The van der Waals surface area contributed by atoms with Gasteiger partial charge in [-0.1, -0.05) is 30.3 Å². The van der Waals surface area contributed by atoms with E-state index >= 15 is 0 Å². The molecule has 0 amide bonds. The van der Waals surface area contributed by atoms with E-state index in [0.29, 0.717) is 0 Å². The van der Waals surface area contributed by atoms with E-state index in [-0.39, 0.29) is 0 Å². The molecule has 2 heterocycles. The van der Waals surface area contributed by atoms with Gasteiger partial charge in [0.05, 0.1) is 5.69 Å². The summed E-state index contributed by atoms with van der Waals surface area (Å²) in [4.78, 5) is 4.71. The maximum atomic E-state index is 4.71. The van der Waals surface area contributed by atoms with Crippen LogP contribution in [0.4, 0.5) is 0 Å². The van der Waals surface area contributed by atoms with Crippen molar-refractivity contribution < 1.29 is 0 Å². The van der Waals surface area contributed by atoms with Gasteiger partial charge in [-0.05, 0) is 36.8 Å². The first-order valence-electron chi connectivity index (χ1n) is 6.43. The first-order valence-corrected chi connectivity index (χ1v) is 7.06. The maximum Gasteiger partial charge on any atom is 0.137 e. The fourth-order valence-corrected chi connectivity index (χ4v) is 2.61. The Hall–Kier alpha value is -1.74. The molecule has 19 heavy (non-hydrogen) atoms. The molecular formula is C16H16N2S. The van der Waals surface area contributed by atoms with E-state index in [2.05, 4.69) is 54.4 Å². The fourth-order valence-electron chi connectivity index (χ4n) is 2.35. The predicted molar refractivity (Wildman–Crippen MR) is 82.9 cm³/mol. The molecule has 3 heteroatoms. The van der Waals surface area contributed by atoms with Gasteiger partial charge in [0, 0.05) is 17.5 Å².